The van der Waals surface area contributed by atoms with Gasteiger partial charge in [-0.2, -0.15) is 5.26 Å². The van der Waals surface area contributed by atoms with Crippen LogP contribution in [0.3, 0.4) is 0 Å². The second-order valence-corrected chi connectivity index (χ2v) is 6.96. The van der Waals surface area contributed by atoms with Crippen LogP contribution in [0.5, 0.6) is 11.5 Å². The molecule has 0 fully saturated rings. The van der Waals surface area contributed by atoms with Gasteiger partial charge in [0.15, 0.2) is 11.5 Å². The topological polar surface area (TPSA) is 42.2 Å². The van der Waals surface area contributed by atoms with Crippen molar-refractivity contribution in [1.29, 1.82) is 5.26 Å². The molecule has 0 saturated carbocycles. The Labute approximate surface area is 175 Å². The molecule has 0 radical (unpaired) electrons. The third-order valence-electron chi connectivity index (χ3n) is 4.12. The van der Waals surface area contributed by atoms with E-state index in [2.05, 4.69) is 15.9 Å². The van der Waals surface area contributed by atoms with E-state index >= 15 is 0 Å². The van der Waals surface area contributed by atoms with Crippen LogP contribution in [-0.4, -0.2) is 7.11 Å². The quantitative estimate of drug-likeness (QED) is 0.319. The number of nitriles is 1. The Morgan fingerprint density at radius 3 is 2.59 bits per heavy atom. The Hall–Kier alpha value is -3.17. The van der Waals surface area contributed by atoms with Gasteiger partial charge in [0.25, 0.3) is 0 Å². The molecule has 0 unspecified atom stereocenters. The number of rotatable bonds is 6. The molecular formula is C23H16BrF2NO2. The van der Waals surface area contributed by atoms with Crippen LogP contribution in [0.4, 0.5) is 8.78 Å². The first kappa shape index (κ1) is 20.6. The molecule has 0 saturated heterocycles. The van der Waals surface area contributed by atoms with Crippen molar-refractivity contribution in [1.82, 2.24) is 0 Å². The molecule has 0 aliphatic rings. The van der Waals surface area contributed by atoms with E-state index < -0.39 is 5.82 Å². The summed E-state index contributed by atoms with van der Waals surface area (Å²) in [6, 6.07) is 17.7. The maximum atomic E-state index is 14.0. The van der Waals surface area contributed by atoms with E-state index in [-0.39, 0.29) is 23.6 Å². The van der Waals surface area contributed by atoms with Crippen LogP contribution in [-0.2, 0) is 6.61 Å². The first-order chi connectivity index (χ1) is 14.0. The van der Waals surface area contributed by atoms with Crippen LogP contribution in [0, 0.1) is 23.0 Å². The number of methoxy groups -OCH3 is 1. The Balaban J connectivity index is 1.92. The van der Waals surface area contributed by atoms with Crippen molar-refractivity contribution in [3.05, 3.63) is 93.5 Å². The van der Waals surface area contributed by atoms with Crippen molar-refractivity contribution in [3.63, 3.8) is 0 Å². The van der Waals surface area contributed by atoms with Crippen molar-refractivity contribution in [3.8, 4) is 17.6 Å². The average molecular weight is 456 g/mol. The molecule has 0 spiro atoms. The fourth-order valence-corrected chi connectivity index (χ4v) is 3.34. The Morgan fingerprint density at radius 2 is 1.90 bits per heavy atom. The van der Waals surface area contributed by atoms with E-state index in [1.54, 1.807) is 48.5 Å². The third kappa shape index (κ3) is 5.01. The standard InChI is InChI=1S/C23H16BrF2NO2/c1-28-22-12-16(9-17(13-27)19-7-2-3-8-21(19)26)11-20(24)23(22)29-14-15-5-4-6-18(25)10-15/h2-12H,14H2,1H3. The Kier molecular flexibility index (Phi) is 6.63. The molecule has 29 heavy (non-hydrogen) atoms. The van der Waals surface area contributed by atoms with Crippen LogP contribution < -0.4 is 9.47 Å². The predicted molar refractivity (Wildman–Crippen MR) is 111 cm³/mol. The van der Waals surface area contributed by atoms with Gasteiger partial charge >= 0.3 is 0 Å². The summed E-state index contributed by atoms with van der Waals surface area (Å²) in [6.45, 7) is 0.153. The van der Waals surface area contributed by atoms with Crippen LogP contribution in [0.25, 0.3) is 11.6 Å². The Bertz CT molecular complexity index is 1110. The van der Waals surface area contributed by atoms with Gasteiger partial charge in [-0.25, -0.2) is 8.78 Å². The fraction of sp³-hybridized carbons (Fsp3) is 0.0870. The second-order valence-electron chi connectivity index (χ2n) is 6.10. The molecule has 0 atom stereocenters. The van der Waals surface area contributed by atoms with Crippen molar-refractivity contribution >= 4 is 27.6 Å². The lowest BCUT2D eigenvalue weighted by Crippen LogP contribution is -1.99. The number of ether oxygens (including phenoxy) is 2. The normalized spacial score (nSPS) is 11.1. The first-order valence-electron chi connectivity index (χ1n) is 8.63. The highest BCUT2D eigenvalue weighted by molar-refractivity contribution is 9.10. The summed E-state index contributed by atoms with van der Waals surface area (Å²) in [7, 11) is 1.49. The number of halogens is 3. The van der Waals surface area contributed by atoms with Gasteiger partial charge < -0.3 is 9.47 Å². The van der Waals surface area contributed by atoms with Crippen LogP contribution in [0.1, 0.15) is 16.7 Å². The minimum atomic E-state index is -0.471. The smallest absolute Gasteiger partial charge is 0.175 e. The van der Waals surface area contributed by atoms with E-state index in [4.69, 9.17) is 9.47 Å². The lowest BCUT2D eigenvalue weighted by molar-refractivity contribution is 0.282. The van der Waals surface area contributed by atoms with Gasteiger partial charge in [-0.15, -0.1) is 0 Å². The predicted octanol–water partition coefficient (Wildman–Crippen LogP) is 6.38. The van der Waals surface area contributed by atoms with Crippen molar-refractivity contribution < 1.29 is 18.3 Å². The van der Waals surface area contributed by atoms with E-state index in [1.165, 1.54) is 25.3 Å². The van der Waals surface area contributed by atoms with Crippen LogP contribution in [0.2, 0.25) is 0 Å². The van der Waals surface area contributed by atoms with Gasteiger partial charge in [0.1, 0.15) is 18.2 Å². The van der Waals surface area contributed by atoms with Crippen molar-refractivity contribution in [2.75, 3.05) is 7.11 Å². The average Bonchev–Trinajstić information content (AvgIpc) is 2.71. The SMILES string of the molecule is COc1cc(C=C(C#N)c2ccccc2F)cc(Br)c1OCc1cccc(F)c1. The summed E-state index contributed by atoms with van der Waals surface area (Å²) >= 11 is 3.44. The fourth-order valence-electron chi connectivity index (χ4n) is 2.76. The van der Waals surface area contributed by atoms with E-state index in [1.807, 2.05) is 6.07 Å². The molecule has 0 N–H and O–H groups in total. The second kappa shape index (κ2) is 9.35. The summed E-state index contributed by atoms with van der Waals surface area (Å²) in [6.07, 6.45) is 1.57. The molecular weight excluding hydrogens is 440 g/mol. The van der Waals surface area contributed by atoms with Crippen molar-refractivity contribution in [2.45, 2.75) is 6.61 Å². The highest BCUT2D eigenvalue weighted by Gasteiger charge is 2.13. The first-order valence-corrected chi connectivity index (χ1v) is 9.42. The summed E-state index contributed by atoms with van der Waals surface area (Å²) < 4.78 is 39.2. The summed E-state index contributed by atoms with van der Waals surface area (Å²) in [4.78, 5) is 0. The van der Waals surface area contributed by atoms with Crippen LogP contribution >= 0.6 is 15.9 Å². The Morgan fingerprint density at radius 1 is 1.10 bits per heavy atom. The van der Waals surface area contributed by atoms with Gasteiger partial charge in [0.05, 0.1) is 23.2 Å². The van der Waals surface area contributed by atoms with Gasteiger partial charge in [-0.05, 0) is 63.5 Å². The molecule has 146 valence electrons. The lowest BCUT2D eigenvalue weighted by Gasteiger charge is -2.14. The number of benzene rings is 3. The number of nitrogens with zero attached hydrogens (tertiary/aromatic N) is 1. The van der Waals surface area contributed by atoms with Gasteiger partial charge in [-0.3, -0.25) is 0 Å². The molecule has 0 aliphatic heterocycles. The summed E-state index contributed by atoms with van der Waals surface area (Å²) in [5, 5.41) is 9.47. The zero-order valence-electron chi connectivity index (χ0n) is 15.5. The number of hydrogen-bond acceptors (Lipinski definition) is 3. The highest BCUT2D eigenvalue weighted by Crippen LogP contribution is 2.38. The van der Waals surface area contributed by atoms with Gasteiger partial charge in [0.2, 0.25) is 0 Å². The summed E-state index contributed by atoms with van der Waals surface area (Å²) in [5.74, 6) is 0.0577. The molecule has 3 aromatic carbocycles. The zero-order valence-corrected chi connectivity index (χ0v) is 17.0. The van der Waals surface area contributed by atoms with Crippen molar-refractivity contribution in [2.24, 2.45) is 0 Å². The molecule has 3 rings (SSSR count). The van der Waals surface area contributed by atoms with E-state index in [9.17, 15) is 14.0 Å². The van der Waals surface area contributed by atoms with E-state index in [0.29, 0.717) is 27.1 Å². The molecule has 0 bridgehead atoms. The van der Waals surface area contributed by atoms with Gasteiger partial charge in [0, 0.05) is 5.56 Å². The zero-order chi connectivity index (χ0) is 20.8. The molecule has 0 amide bonds. The minimum Gasteiger partial charge on any atom is -0.493 e. The molecule has 0 aromatic heterocycles. The molecule has 0 aliphatic carbocycles. The molecule has 3 aromatic rings. The summed E-state index contributed by atoms with van der Waals surface area (Å²) in [5.41, 5.74) is 1.71. The third-order valence-corrected chi connectivity index (χ3v) is 4.71. The minimum absolute atomic E-state index is 0.153. The lowest BCUT2D eigenvalue weighted by atomic mass is 10.0. The highest BCUT2D eigenvalue weighted by atomic mass is 79.9. The number of hydrogen-bond donors (Lipinski definition) is 0. The molecule has 0 heterocycles. The molecule has 6 heteroatoms. The largest absolute Gasteiger partial charge is 0.493 e. The number of allylic oxidation sites excluding steroid dienone is 1. The molecule has 3 nitrogen and oxygen atoms in total. The van der Waals surface area contributed by atoms with E-state index in [0.717, 1.165) is 0 Å². The monoisotopic (exact) mass is 455 g/mol. The maximum Gasteiger partial charge on any atom is 0.175 e. The van der Waals surface area contributed by atoms with Gasteiger partial charge in [-0.1, -0.05) is 30.3 Å². The van der Waals surface area contributed by atoms with Crippen LogP contribution in [0.15, 0.2) is 65.1 Å². The maximum absolute atomic E-state index is 14.0.